The third-order valence-corrected chi connectivity index (χ3v) is 10.4. The average molecular weight is 864 g/mol. The largest absolute Gasteiger partial charge is 0.480 e. The minimum absolute atomic E-state index is 0.0755. The number of carboxylic acids is 1. The molecule has 0 saturated carbocycles. The second kappa shape index (κ2) is 42.6. The number of unbranched alkanes of at least 4 members (excludes halogenated alkanes) is 16. The van der Waals surface area contributed by atoms with E-state index in [1.54, 1.807) is 0 Å². The van der Waals surface area contributed by atoms with Gasteiger partial charge in [-0.1, -0.05) is 157 Å². The number of allylic oxidation sites excluding steroid dienone is 12. The molecule has 0 saturated heterocycles. The summed E-state index contributed by atoms with van der Waals surface area (Å²) < 4.78 is 32.6. The number of ether oxygens (including phenoxy) is 2. The lowest BCUT2D eigenvalue weighted by Gasteiger charge is -2.20. The number of phosphoric ester groups is 1. The Morgan fingerprint density at radius 1 is 0.517 bits per heavy atom. The Bertz CT molecular complexity index is 1290. The second-order valence-corrected chi connectivity index (χ2v) is 16.6. The van der Waals surface area contributed by atoms with E-state index in [0.717, 1.165) is 44.9 Å². The summed E-state index contributed by atoms with van der Waals surface area (Å²) in [6.45, 7) is 2.70. The van der Waals surface area contributed by atoms with Crippen molar-refractivity contribution in [1.82, 2.24) is 0 Å². The highest BCUT2D eigenvalue weighted by atomic mass is 31.2. The molecule has 0 heterocycles. The highest BCUT2D eigenvalue weighted by molar-refractivity contribution is 7.47. The number of rotatable bonds is 42. The molecule has 12 heteroatoms. The van der Waals surface area contributed by atoms with Gasteiger partial charge in [-0.3, -0.25) is 23.4 Å². The van der Waals surface area contributed by atoms with Gasteiger partial charge in [0.1, 0.15) is 12.6 Å². The van der Waals surface area contributed by atoms with Crippen LogP contribution in [0.5, 0.6) is 0 Å². The van der Waals surface area contributed by atoms with E-state index >= 15 is 0 Å². The molecule has 0 spiro atoms. The first-order valence-corrected chi connectivity index (χ1v) is 24.5. The Morgan fingerprint density at radius 2 is 0.900 bits per heavy atom. The van der Waals surface area contributed by atoms with E-state index in [0.29, 0.717) is 19.3 Å². The quantitative estimate of drug-likeness (QED) is 0.0231. The Morgan fingerprint density at radius 3 is 1.37 bits per heavy atom. The van der Waals surface area contributed by atoms with Crippen molar-refractivity contribution in [3.63, 3.8) is 0 Å². The molecule has 0 rings (SSSR count). The van der Waals surface area contributed by atoms with Crippen LogP contribution in [0.3, 0.4) is 0 Å². The first-order chi connectivity index (χ1) is 29.1. The first kappa shape index (κ1) is 56.9. The maximum Gasteiger partial charge on any atom is 0.472 e. The van der Waals surface area contributed by atoms with Gasteiger partial charge in [-0.05, 0) is 83.5 Å². The molecule has 0 fully saturated rings. The summed E-state index contributed by atoms with van der Waals surface area (Å²) in [5.74, 6) is -2.50. The molecule has 0 amide bonds. The molecule has 11 nitrogen and oxygen atoms in total. The monoisotopic (exact) mass is 864 g/mol. The Hall–Kier alpha value is -3.08. The van der Waals surface area contributed by atoms with Crippen LogP contribution in [-0.4, -0.2) is 59.9 Å². The molecular weight excluding hydrogens is 781 g/mol. The van der Waals surface area contributed by atoms with Crippen LogP contribution in [0.2, 0.25) is 0 Å². The van der Waals surface area contributed by atoms with Gasteiger partial charge in [0.05, 0.1) is 13.2 Å². The zero-order chi connectivity index (χ0) is 44.2. The minimum atomic E-state index is -4.74. The predicted octanol–water partition coefficient (Wildman–Crippen LogP) is 12.5. The van der Waals surface area contributed by atoms with Gasteiger partial charge in [0, 0.05) is 12.8 Å². The number of aliphatic carboxylic acids is 1. The lowest BCUT2D eigenvalue weighted by molar-refractivity contribution is -0.161. The summed E-state index contributed by atoms with van der Waals surface area (Å²) in [6.07, 6.45) is 51.2. The van der Waals surface area contributed by atoms with Crippen LogP contribution < -0.4 is 5.73 Å². The maximum absolute atomic E-state index is 12.6. The van der Waals surface area contributed by atoms with Gasteiger partial charge in [-0.25, -0.2) is 4.57 Å². The fraction of sp³-hybridized carbons (Fsp3) is 0.688. The van der Waals surface area contributed by atoms with Crippen molar-refractivity contribution in [3.8, 4) is 0 Å². The number of phosphoric acid groups is 1. The van der Waals surface area contributed by atoms with Crippen LogP contribution in [0.15, 0.2) is 72.9 Å². The van der Waals surface area contributed by atoms with Gasteiger partial charge >= 0.3 is 25.7 Å². The molecule has 60 heavy (non-hydrogen) atoms. The van der Waals surface area contributed by atoms with E-state index in [1.165, 1.54) is 89.9 Å². The molecule has 344 valence electrons. The second-order valence-electron chi connectivity index (χ2n) is 15.2. The molecular formula is C48H82NO10P. The van der Waals surface area contributed by atoms with Gasteiger partial charge < -0.3 is 25.2 Å². The van der Waals surface area contributed by atoms with Crippen LogP contribution in [0, 0.1) is 0 Å². The Balaban J connectivity index is 4.49. The molecule has 0 aromatic heterocycles. The van der Waals surface area contributed by atoms with Crippen molar-refractivity contribution in [3.05, 3.63) is 72.9 Å². The molecule has 0 radical (unpaired) electrons. The molecule has 0 bridgehead atoms. The van der Waals surface area contributed by atoms with Gasteiger partial charge in [-0.15, -0.1) is 0 Å². The van der Waals surface area contributed by atoms with Crippen molar-refractivity contribution in [2.75, 3.05) is 19.8 Å². The van der Waals surface area contributed by atoms with Crippen LogP contribution in [-0.2, 0) is 37.5 Å². The van der Waals surface area contributed by atoms with E-state index in [4.69, 9.17) is 24.8 Å². The summed E-state index contributed by atoms with van der Waals surface area (Å²) in [4.78, 5) is 46.0. The average Bonchev–Trinajstić information content (AvgIpc) is 3.22. The summed E-state index contributed by atoms with van der Waals surface area (Å²) in [5, 5.41) is 8.89. The lowest BCUT2D eigenvalue weighted by atomic mass is 10.1. The Kier molecular flexibility index (Phi) is 40.4. The van der Waals surface area contributed by atoms with Crippen molar-refractivity contribution in [1.29, 1.82) is 0 Å². The molecule has 1 unspecified atom stereocenters. The topological polar surface area (TPSA) is 172 Å². The number of carbonyl (C=O) groups is 3. The van der Waals surface area contributed by atoms with Crippen LogP contribution in [0.1, 0.15) is 181 Å². The standard InChI is InChI=1S/C48H82NO10P/c1-3-5-7-9-11-13-15-17-19-20-21-22-23-24-26-28-30-32-34-36-38-40-47(51)59-44(42-57-60(54,55)58-43-45(49)48(52)53)41-56-46(50)39-37-35-33-31-29-27-25-18-16-14-12-10-8-6-4-2/h18-20,22-23,25-26,28-29,31-32,34,44-45H,3-17,21,24,27,30,33,35-43,49H2,1-2H3,(H,52,53)(H,54,55)/b20-19+,23-22+,25-18+,28-26+,31-29+,34-32+/t44-,45-/m0/s1. The van der Waals surface area contributed by atoms with E-state index in [1.807, 2.05) is 12.2 Å². The lowest BCUT2D eigenvalue weighted by Crippen LogP contribution is -2.34. The third-order valence-electron chi connectivity index (χ3n) is 9.43. The number of hydrogen-bond donors (Lipinski definition) is 3. The molecule has 0 aliphatic carbocycles. The minimum Gasteiger partial charge on any atom is -0.480 e. The van der Waals surface area contributed by atoms with Crippen molar-refractivity contribution >= 4 is 25.7 Å². The predicted molar refractivity (Wildman–Crippen MR) is 244 cm³/mol. The number of nitrogens with two attached hydrogens (primary N) is 1. The zero-order valence-corrected chi connectivity index (χ0v) is 38.2. The van der Waals surface area contributed by atoms with Gasteiger partial charge in [0.2, 0.25) is 0 Å². The van der Waals surface area contributed by atoms with E-state index in [9.17, 15) is 23.8 Å². The zero-order valence-electron chi connectivity index (χ0n) is 37.3. The Labute approximate surface area is 363 Å². The van der Waals surface area contributed by atoms with Gasteiger partial charge in [0.25, 0.3) is 0 Å². The summed E-state index contributed by atoms with van der Waals surface area (Å²) >= 11 is 0. The van der Waals surface area contributed by atoms with E-state index < -0.39 is 51.1 Å². The summed E-state index contributed by atoms with van der Waals surface area (Å²) in [5.41, 5.74) is 5.33. The number of esters is 2. The van der Waals surface area contributed by atoms with E-state index in [-0.39, 0.29) is 19.4 Å². The fourth-order valence-electron chi connectivity index (χ4n) is 5.79. The third kappa shape index (κ3) is 41.6. The molecule has 0 aliphatic heterocycles. The SMILES string of the molecule is CCCCCCCC/C=C/C/C=C/CCCCC(=O)OC[C@@H](COP(=O)(O)OC[C@H](N)C(=O)O)OC(=O)CCC/C=C/C/C=C/C/C=C/C/C=C/CCCCCCCCC. The van der Waals surface area contributed by atoms with Crippen molar-refractivity contribution in [2.45, 2.75) is 193 Å². The fourth-order valence-corrected chi connectivity index (χ4v) is 6.57. The summed E-state index contributed by atoms with van der Waals surface area (Å²) in [7, 11) is -4.74. The maximum atomic E-state index is 12.6. The highest BCUT2D eigenvalue weighted by Crippen LogP contribution is 2.43. The van der Waals surface area contributed by atoms with Gasteiger partial charge in [0.15, 0.2) is 6.10 Å². The molecule has 4 N–H and O–H groups in total. The molecule has 0 aromatic carbocycles. The first-order valence-electron chi connectivity index (χ1n) is 23.0. The molecule has 0 aliphatic rings. The number of carbonyl (C=O) groups excluding carboxylic acids is 2. The highest BCUT2D eigenvalue weighted by Gasteiger charge is 2.28. The van der Waals surface area contributed by atoms with Crippen LogP contribution >= 0.6 is 7.82 Å². The van der Waals surface area contributed by atoms with Gasteiger partial charge in [-0.2, -0.15) is 0 Å². The number of carboxylic acid groups (broad SMARTS) is 1. The van der Waals surface area contributed by atoms with Crippen LogP contribution in [0.25, 0.3) is 0 Å². The normalized spacial score (nSPS) is 14.3. The molecule has 0 aromatic rings. The van der Waals surface area contributed by atoms with E-state index in [2.05, 4.69) is 79.1 Å². The van der Waals surface area contributed by atoms with Crippen molar-refractivity contribution in [2.24, 2.45) is 5.73 Å². The molecule has 3 atom stereocenters. The van der Waals surface area contributed by atoms with Crippen LogP contribution in [0.4, 0.5) is 0 Å². The summed E-state index contributed by atoms with van der Waals surface area (Å²) in [6, 6.07) is -1.54. The van der Waals surface area contributed by atoms with Crippen molar-refractivity contribution < 1.29 is 47.5 Å². The number of hydrogen-bond acceptors (Lipinski definition) is 9. The smallest absolute Gasteiger partial charge is 0.472 e.